The molecule has 20 heavy (non-hydrogen) atoms. The highest BCUT2D eigenvalue weighted by Gasteiger charge is 2.30. The molecule has 1 unspecified atom stereocenters. The Morgan fingerprint density at radius 2 is 1.80 bits per heavy atom. The van der Waals surface area contributed by atoms with Gasteiger partial charge in [-0.1, -0.05) is 39.7 Å². The van der Waals surface area contributed by atoms with Crippen LogP contribution in [0.25, 0.3) is 0 Å². The number of hydrogen-bond acceptors (Lipinski definition) is 1. The van der Waals surface area contributed by atoms with Crippen LogP contribution in [0.2, 0.25) is 5.02 Å². The van der Waals surface area contributed by atoms with E-state index in [9.17, 15) is 13.2 Å². The molecule has 106 valence electrons. The van der Waals surface area contributed by atoms with Crippen molar-refractivity contribution in [1.82, 2.24) is 4.98 Å². The van der Waals surface area contributed by atoms with Gasteiger partial charge in [-0.15, -0.1) is 0 Å². The monoisotopic (exact) mass is 363 g/mol. The third-order valence-corrected chi connectivity index (χ3v) is 4.05. The Hall–Kier alpha value is -1.07. The van der Waals surface area contributed by atoms with Crippen molar-refractivity contribution < 1.29 is 13.2 Å². The molecule has 1 heterocycles. The summed E-state index contributed by atoms with van der Waals surface area (Å²) in [6.07, 6.45) is -0.557. The largest absolute Gasteiger partial charge is 0.416 e. The second-order valence-electron chi connectivity index (χ2n) is 4.26. The van der Waals surface area contributed by atoms with Crippen LogP contribution in [0.4, 0.5) is 13.2 Å². The average Bonchev–Trinajstić information content (AvgIpc) is 2.40. The lowest BCUT2D eigenvalue weighted by Crippen LogP contribution is -2.05. The SMILES string of the molecule is FC(F)(F)c1ccc(C(Br)Cc2ccncc2Cl)cc1. The summed E-state index contributed by atoms with van der Waals surface area (Å²) in [5.74, 6) is 0. The Bertz CT molecular complexity index is 584. The van der Waals surface area contributed by atoms with Gasteiger partial charge in [0.05, 0.1) is 10.6 Å². The summed E-state index contributed by atoms with van der Waals surface area (Å²) in [6.45, 7) is 0. The minimum absolute atomic E-state index is 0.107. The van der Waals surface area contributed by atoms with E-state index in [1.54, 1.807) is 18.5 Å². The van der Waals surface area contributed by atoms with Crippen LogP contribution < -0.4 is 0 Å². The fourth-order valence-electron chi connectivity index (χ4n) is 1.76. The maximum absolute atomic E-state index is 12.5. The zero-order chi connectivity index (χ0) is 14.8. The van der Waals surface area contributed by atoms with Gasteiger partial charge in [0.1, 0.15) is 0 Å². The molecule has 0 fully saturated rings. The normalized spacial score (nSPS) is 13.2. The van der Waals surface area contributed by atoms with Crippen LogP contribution in [0.3, 0.4) is 0 Å². The fourth-order valence-corrected chi connectivity index (χ4v) is 2.61. The van der Waals surface area contributed by atoms with Gasteiger partial charge in [-0.3, -0.25) is 4.98 Å². The lowest BCUT2D eigenvalue weighted by molar-refractivity contribution is -0.137. The first-order valence-electron chi connectivity index (χ1n) is 5.77. The summed E-state index contributed by atoms with van der Waals surface area (Å²) in [5.41, 5.74) is 1.01. The summed E-state index contributed by atoms with van der Waals surface area (Å²) >= 11 is 9.48. The highest BCUT2D eigenvalue weighted by atomic mass is 79.9. The van der Waals surface area contributed by atoms with E-state index in [0.29, 0.717) is 11.4 Å². The predicted molar refractivity (Wildman–Crippen MR) is 76.1 cm³/mol. The molecule has 1 aromatic heterocycles. The van der Waals surface area contributed by atoms with E-state index < -0.39 is 11.7 Å². The lowest BCUT2D eigenvalue weighted by Gasteiger charge is -2.13. The number of aromatic nitrogens is 1. The average molecular weight is 365 g/mol. The van der Waals surface area contributed by atoms with E-state index >= 15 is 0 Å². The summed E-state index contributed by atoms with van der Waals surface area (Å²) in [6, 6.07) is 6.89. The number of nitrogens with zero attached hydrogens (tertiary/aromatic N) is 1. The molecular formula is C14H10BrClF3N. The Labute approximate surface area is 127 Å². The molecule has 2 rings (SSSR count). The summed E-state index contributed by atoms with van der Waals surface area (Å²) in [4.78, 5) is 3.78. The van der Waals surface area contributed by atoms with Crippen molar-refractivity contribution in [2.24, 2.45) is 0 Å². The first-order valence-corrected chi connectivity index (χ1v) is 7.07. The maximum Gasteiger partial charge on any atom is 0.416 e. The van der Waals surface area contributed by atoms with E-state index in [-0.39, 0.29) is 4.83 Å². The van der Waals surface area contributed by atoms with Crippen molar-refractivity contribution in [3.8, 4) is 0 Å². The summed E-state index contributed by atoms with van der Waals surface area (Å²) in [5, 5.41) is 0.545. The number of rotatable bonds is 3. The van der Waals surface area contributed by atoms with Gasteiger partial charge in [0, 0.05) is 17.2 Å². The van der Waals surface area contributed by atoms with Gasteiger partial charge in [-0.2, -0.15) is 13.2 Å². The number of benzene rings is 1. The van der Waals surface area contributed by atoms with Crippen LogP contribution in [0, 0.1) is 0 Å². The molecule has 1 aromatic carbocycles. The predicted octanol–water partition coefficient (Wildman–Crippen LogP) is 5.43. The van der Waals surface area contributed by atoms with Gasteiger partial charge >= 0.3 is 6.18 Å². The van der Waals surface area contributed by atoms with Crippen molar-refractivity contribution in [1.29, 1.82) is 0 Å². The molecule has 0 amide bonds. The third-order valence-electron chi connectivity index (χ3n) is 2.86. The van der Waals surface area contributed by atoms with E-state index in [0.717, 1.165) is 23.3 Å². The minimum Gasteiger partial charge on any atom is -0.263 e. The summed E-state index contributed by atoms with van der Waals surface area (Å²) < 4.78 is 37.5. The second-order valence-corrected chi connectivity index (χ2v) is 5.77. The van der Waals surface area contributed by atoms with E-state index in [1.165, 1.54) is 12.1 Å². The van der Waals surface area contributed by atoms with Crippen LogP contribution in [-0.2, 0) is 12.6 Å². The van der Waals surface area contributed by atoms with Gasteiger partial charge in [0.25, 0.3) is 0 Å². The first-order chi connectivity index (χ1) is 9.38. The molecule has 0 aliphatic heterocycles. The molecule has 0 saturated carbocycles. The number of pyridine rings is 1. The molecule has 6 heteroatoms. The zero-order valence-corrected chi connectivity index (χ0v) is 12.5. The second kappa shape index (κ2) is 6.14. The number of hydrogen-bond donors (Lipinski definition) is 0. The Balaban J connectivity index is 2.14. The molecule has 1 atom stereocenters. The molecule has 0 radical (unpaired) electrons. The minimum atomic E-state index is -4.31. The van der Waals surface area contributed by atoms with Crippen molar-refractivity contribution in [3.63, 3.8) is 0 Å². The van der Waals surface area contributed by atoms with Crippen molar-refractivity contribution >= 4 is 27.5 Å². The van der Waals surface area contributed by atoms with E-state index in [4.69, 9.17) is 11.6 Å². The topological polar surface area (TPSA) is 12.9 Å². The lowest BCUT2D eigenvalue weighted by atomic mass is 10.0. The molecule has 2 aromatic rings. The van der Waals surface area contributed by atoms with Crippen molar-refractivity contribution in [2.45, 2.75) is 17.4 Å². The standard InChI is InChI=1S/C14H10BrClF3N/c15-12(7-10-5-6-20-8-13(10)16)9-1-3-11(4-2-9)14(17,18)19/h1-6,8,12H,7H2. The summed E-state index contributed by atoms with van der Waals surface area (Å²) in [7, 11) is 0. The van der Waals surface area contributed by atoms with Crippen molar-refractivity contribution in [2.75, 3.05) is 0 Å². The van der Waals surface area contributed by atoms with Crippen LogP contribution in [0.15, 0.2) is 42.7 Å². The zero-order valence-electron chi connectivity index (χ0n) is 10.2. The smallest absolute Gasteiger partial charge is 0.263 e. The van der Waals surface area contributed by atoms with Crippen molar-refractivity contribution in [3.05, 3.63) is 64.4 Å². The van der Waals surface area contributed by atoms with E-state index in [1.807, 2.05) is 0 Å². The molecule has 1 nitrogen and oxygen atoms in total. The maximum atomic E-state index is 12.5. The molecule has 0 aliphatic rings. The van der Waals surface area contributed by atoms with Gasteiger partial charge in [-0.05, 0) is 35.7 Å². The highest BCUT2D eigenvalue weighted by Crippen LogP contribution is 2.33. The molecule has 0 saturated heterocycles. The van der Waals surface area contributed by atoms with Crippen LogP contribution in [0.5, 0.6) is 0 Å². The molecule has 0 aliphatic carbocycles. The van der Waals surface area contributed by atoms with Gasteiger partial charge in [0.2, 0.25) is 0 Å². The van der Waals surface area contributed by atoms with Gasteiger partial charge < -0.3 is 0 Å². The van der Waals surface area contributed by atoms with Crippen LogP contribution in [-0.4, -0.2) is 4.98 Å². The van der Waals surface area contributed by atoms with Gasteiger partial charge in [-0.25, -0.2) is 0 Å². The van der Waals surface area contributed by atoms with E-state index in [2.05, 4.69) is 20.9 Å². The molecule has 0 N–H and O–H groups in total. The Morgan fingerprint density at radius 1 is 1.15 bits per heavy atom. The number of halogens is 5. The fraction of sp³-hybridized carbons (Fsp3) is 0.214. The molecular weight excluding hydrogens is 355 g/mol. The van der Waals surface area contributed by atoms with Crippen LogP contribution >= 0.6 is 27.5 Å². The molecule has 0 spiro atoms. The molecule has 0 bridgehead atoms. The third kappa shape index (κ3) is 3.73. The van der Waals surface area contributed by atoms with Crippen LogP contribution in [0.1, 0.15) is 21.5 Å². The Kier molecular flexibility index (Phi) is 4.70. The quantitative estimate of drug-likeness (QED) is 0.662. The Morgan fingerprint density at radius 3 is 2.35 bits per heavy atom. The highest BCUT2D eigenvalue weighted by molar-refractivity contribution is 9.09. The number of alkyl halides is 4. The van der Waals surface area contributed by atoms with Gasteiger partial charge in [0.15, 0.2) is 0 Å². The first kappa shape index (κ1) is 15.3.